The van der Waals surface area contributed by atoms with Gasteiger partial charge in [0, 0.05) is 6.04 Å². The Balaban J connectivity index is 2.17. The molecule has 0 spiro atoms. The standard InChI is InChI=1S/C16H17Cl2N/c1-10-3-5-13(7-11(10)2)16(19)9-12-4-6-14(17)15(18)8-12/h3-8,16H,9,19H2,1-2H3. The Morgan fingerprint density at radius 1 is 0.947 bits per heavy atom. The van der Waals surface area contributed by atoms with E-state index in [-0.39, 0.29) is 6.04 Å². The molecule has 0 aliphatic carbocycles. The predicted octanol–water partition coefficient (Wildman–Crippen LogP) is 4.85. The Labute approximate surface area is 124 Å². The van der Waals surface area contributed by atoms with Gasteiger partial charge in [-0.1, -0.05) is 47.5 Å². The van der Waals surface area contributed by atoms with Crippen molar-refractivity contribution in [3.05, 3.63) is 68.7 Å². The van der Waals surface area contributed by atoms with E-state index in [1.165, 1.54) is 11.1 Å². The van der Waals surface area contributed by atoms with Gasteiger partial charge in [0.25, 0.3) is 0 Å². The number of benzene rings is 2. The van der Waals surface area contributed by atoms with Gasteiger partial charge in [0.05, 0.1) is 10.0 Å². The molecule has 0 saturated carbocycles. The van der Waals surface area contributed by atoms with E-state index >= 15 is 0 Å². The van der Waals surface area contributed by atoms with Crippen molar-refractivity contribution in [2.45, 2.75) is 26.3 Å². The molecule has 1 nitrogen and oxygen atoms in total. The first-order chi connectivity index (χ1) is 8.97. The van der Waals surface area contributed by atoms with E-state index in [4.69, 9.17) is 28.9 Å². The van der Waals surface area contributed by atoms with E-state index in [9.17, 15) is 0 Å². The van der Waals surface area contributed by atoms with E-state index in [2.05, 4.69) is 32.0 Å². The fraction of sp³-hybridized carbons (Fsp3) is 0.250. The number of hydrogen-bond acceptors (Lipinski definition) is 1. The lowest BCUT2D eigenvalue weighted by Crippen LogP contribution is -2.13. The molecule has 19 heavy (non-hydrogen) atoms. The molecule has 2 aromatic carbocycles. The summed E-state index contributed by atoms with van der Waals surface area (Å²) in [6.07, 6.45) is 0.749. The van der Waals surface area contributed by atoms with Crippen LogP contribution in [-0.4, -0.2) is 0 Å². The van der Waals surface area contributed by atoms with Gasteiger partial charge in [-0.2, -0.15) is 0 Å². The third kappa shape index (κ3) is 3.50. The van der Waals surface area contributed by atoms with Crippen LogP contribution in [0.4, 0.5) is 0 Å². The van der Waals surface area contributed by atoms with Crippen LogP contribution in [0.15, 0.2) is 36.4 Å². The predicted molar refractivity (Wildman–Crippen MR) is 83.0 cm³/mol. The molecule has 3 heteroatoms. The molecular weight excluding hydrogens is 277 g/mol. The quantitative estimate of drug-likeness (QED) is 0.860. The maximum atomic E-state index is 6.26. The Morgan fingerprint density at radius 3 is 2.32 bits per heavy atom. The summed E-state index contributed by atoms with van der Waals surface area (Å²) < 4.78 is 0. The molecular formula is C16H17Cl2N. The summed E-state index contributed by atoms with van der Waals surface area (Å²) in [4.78, 5) is 0. The Morgan fingerprint density at radius 2 is 1.68 bits per heavy atom. The second-order valence-corrected chi connectivity index (χ2v) is 5.72. The Kier molecular flexibility index (Phi) is 4.51. The summed E-state index contributed by atoms with van der Waals surface area (Å²) in [7, 11) is 0. The lowest BCUT2D eigenvalue weighted by Gasteiger charge is -2.14. The second kappa shape index (κ2) is 5.96. The molecule has 0 fully saturated rings. The highest BCUT2D eigenvalue weighted by molar-refractivity contribution is 6.42. The van der Waals surface area contributed by atoms with E-state index in [1.54, 1.807) is 0 Å². The molecule has 100 valence electrons. The van der Waals surface area contributed by atoms with Crippen LogP contribution in [-0.2, 0) is 6.42 Å². The van der Waals surface area contributed by atoms with Gasteiger partial charge in [-0.05, 0) is 54.7 Å². The summed E-state index contributed by atoms with van der Waals surface area (Å²) in [5.74, 6) is 0. The van der Waals surface area contributed by atoms with E-state index in [0.29, 0.717) is 10.0 Å². The summed E-state index contributed by atoms with van der Waals surface area (Å²) in [5, 5.41) is 1.15. The first-order valence-corrected chi connectivity index (χ1v) is 6.99. The first-order valence-electron chi connectivity index (χ1n) is 6.24. The van der Waals surface area contributed by atoms with Gasteiger partial charge in [-0.3, -0.25) is 0 Å². The van der Waals surface area contributed by atoms with Crippen molar-refractivity contribution in [3.8, 4) is 0 Å². The number of halogens is 2. The van der Waals surface area contributed by atoms with Gasteiger partial charge < -0.3 is 5.73 Å². The third-order valence-electron chi connectivity index (χ3n) is 3.40. The van der Waals surface area contributed by atoms with Gasteiger partial charge >= 0.3 is 0 Å². The van der Waals surface area contributed by atoms with Gasteiger partial charge in [-0.25, -0.2) is 0 Å². The molecule has 0 heterocycles. The molecule has 0 radical (unpaired) electrons. The second-order valence-electron chi connectivity index (χ2n) is 4.90. The van der Waals surface area contributed by atoms with Crippen molar-refractivity contribution in [1.29, 1.82) is 0 Å². The van der Waals surface area contributed by atoms with Crippen LogP contribution in [0.2, 0.25) is 10.0 Å². The van der Waals surface area contributed by atoms with Gasteiger partial charge in [-0.15, -0.1) is 0 Å². The van der Waals surface area contributed by atoms with Crippen molar-refractivity contribution in [3.63, 3.8) is 0 Å². The maximum Gasteiger partial charge on any atom is 0.0595 e. The molecule has 0 saturated heterocycles. The molecule has 2 rings (SSSR count). The Hall–Kier alpha value is -1.02. The normalized spacial score (nSPS) is 12.5. The minimum absolute atomic E-state index is 0.0310. The largest absolute Gasteiger partial charge is 0.324 e. The number of aryl methyl sites for hydroxylation is 2. The van der Waals surface area contributed by atoms with Gasteiger partial charge in [0.1, 0.15) is 0 Å². The number of rotatable bonds is 3. The van der Waals surface area contributed by atoms with Crippen molar-refractivity contribution in [1.82, 2.24) is 0 Å². The summed E-state index contributed by atoms with van der Waals surface area (Å²) in [6, 6.07) is 12.0. The first kappa shape index (κ1) is 14.4. The fourth-order valence-electron chi connectivity index (χ4n) is 2.03. The van der Waals surface area contributed by atoms with E-state index in [0.717, 1.165) is 17.5 Å². The van der Waals surface area contributed by atoms with Crippen LogP contribution < -0.4 is 5.73 Å². The maximum absolute atomic E-state index is 6.26. The topological polar surface area (TPSA) is 26.0 Å². The molecule has 1 unspecified atom stereocenters. The van der Waals surface area contributed by atoms with Crippen LogP contribution in [0.1, 0.15) is 28.3 Å². The lowest BCUT2D eigenvalue weighted by molar-refractivity contribution is 0.721. The number of nitrogens with two attached hydrogens (primary N) is 1. The molecule has 0 aromatic heterocycles. The highest BCUT2D eigenvalue weighted by Crippen LogP contribution is 2.25. The zero-order chi connectivity index (χ0) is 14.0. The minimum Gasteiger partial charge on any atom is -0.324 e. The zero-order valence-corrected chi connectivity index (χ0v) is 12.6. The van der Waals surface area contributed by atoms with E-state index < -0.39 is 0 Å². The molecule has 0 amide bonds. The van der Waals surface area contributed by atoms with Crippen LogP contribution in [0, 0.1) is 13.8 Å². The van der Waals surface area contributed by atoms with Crippen LogP contribution in [0.3, 0.4) is 0 Å². The highest BCUT2D eigenvalue weighted by atomic mass is 35.5. The van der Waals surface area contributed by atoms with Crippen LogP contribution in [0.5, 0.6) is 0 Å². The Bertz CT molecular complexity index is 593. The average Bonchev–Trinajstić information content (AvgIpc) is 2.37. The minimum atomic E-state index is -0.0310. The monoisotopic (exact) mass is 293 g/mol. The molecule has 0 aliphatic rings. The average molecular weight is 294 g/mol. The molecule has 1 atom stereocenters. The van der Waals surface area contributed by atoms with Crippen LogP contribution >= 0.6 is 23.2 Å². The van der Waals surface area contributed by atoms with Crippen molar-refractivity contribution in [2.75, 3.05) is 0 Å². The summed E-state index contributed by atoms with van der Waals surface area (Å²) >= 11 is 11.9. The third-order valence-corrected chi connectivity index (χ3v) is 4.14. The fourth-order valence-corrected chi connectivity index (χ4v) is 2.35. The summed E-state index contributed by atoms with van der Waals surface area (Å²) in [6.45, 7) is 4.20. The SMILES string of the molecule is Cc1ccc(C(N)Cc2ccc(Cl)c(Cl)c2)cc1C. The van der Waals surface area contributed by atoms with Gasteiger partial charge in [0.15, 0.2) is 0 Å². The molecule has 0 bridgehead atoms. The summed E-state index contributed by atoms with van der Waals surface area (Å²) in [5.41, 5.74) is 11.1. The lowest BCUT2D eigenvalue weighted by atomic mass is 9.97. The van der Waals surface area contributed by atoms with Crippen molar-refractivity contribution in [2.24, 2.45) is 5.73 Å². The van der Waals surface area contributed by atoms with E-state index in [1.807, 2.05) is 18.2 Å². The van der Waals surface area contributed by atoms with Crippen molar-refractivity contribution < 1.29 is 0 Å². The smallest absolute Gasteiger partial charge is 0.0595 e. The van der Waals surface area contributed by atoms with Gasteiger partial charge in [0.2, 0.25) is 0 Å². The number of hydrogen-bond donors (Lipinski definition) is 1. The molecule has 2 aromatic rings. The van der Waals surface area contributed by atoms with Crippen LogP contribution in [0.25, 0.3) is 0 Å². The van der Waals surface area contributed by atoms with Crippen molar-refractivity contribution >= 4 is 23.2 Å². The molecule has 2 N–H and O–H groups in total. The molecule has 0 aliphatic heterocycles. The highest BCUT2D eigenvalue weighted by Gasteiger charge is 2.09. The zero-order valence-electron chi connectivity index (χ0n) is 11.1.